The maximum atomic E-state index is 4.07. The lowest BCUT2D eigenvalue weighted by Crippen LogP contribution is -2.28. The zero-order valence-electron chi connectivity index (χ0n) is 37.1. The summed E-state index contributed by atoms with van der Waals surface area (Å²) in [5.74, 6) is 0. The number of anilines is 3. The third-order valence-electron chi connectivity index (χ3n) is 13.8. The molecule has 2 nitrogen and oxygen atoms in total. The first-order valence-electron chi connectivity index (χ1n) is 23.0. The largest absolute Gasteiger partial charge is 0.310 e. The molecule has 0 saturated heterocycles. The number of hydrogen-bond acceptors (Lipinski definition) is 1. The lowest BCUT2D eigenvalue weighted by molar-refractivity contribution is 0.768. The predicted octanol–water partition coefficient (Wildman–Crippen LogP) is 17.2. The summed E-state index contributed by atoms with van der Waals surface area (Å²) in [6.45, 7) is 8.03. The summed E-state index contributed by atoms with van der Waals surface area (Å²) >= 11 is 0. The molecule has 1 aromatic heterocycles. The third-order valence-corrected chi connectivity index (χ3v) is 13.8. The van der Waals surface area contributed by atoms with Crippen LogP contribution in [-0.4, -0.2) is 4.57 Å². The Morgan fingerprint density at radius 3 is 1.55 bits per heavy atom. The highest BCUT2D eigenvalue weighted by Gasteiger charge is 2.46. The fourth-order valence-corrected chi connectivity index (χ4v) is 10.6. The van der Waals surface area contributed by atoms with Crippen molar-refractivity contribution in [3.63, 3.8) is 0 Å². The van der Waals surface area contributed by atoms with E-state index in [1.54, 1.807) is 0 Å². The summed E-state index contributed by atoms with van der Waals surface area (Å²) in [5.41, 5.74) is 20.6. The first-order chi connectivity index (χ1) is 33.1. The number of hydrogen-bond donors (Lipinski definition) is 0. The summed E-state index contributed by atoms with van der Waals surface area (Å²) in [6.07, 6.45) is 3.81. The fraction of sp³-hybridized carbons (Fsp3) is 0.0154. The van der Waals surface area contributed by atoms with Gasteiger partial charge in [0.05, 0.1) is 16.4 Å². The Morgan fingerprint density at radius 2 is 0.866 bits per heavy atom. The molecule has 10 aromatic carbocycles. The van der Waals surface area contributed by atoms with Crippen LogP contribution in [0.2, 0.25) is 0 Å². The van der Waals surface area contributed by atoms with Crippen molar-refractivity contribution in [2.75, 3.05) is 4.90 Å². The average Bonchev–Trinajstić information content (AvgIpc) is 3.90. The van der Waals surface area contributed by atoms with Crippen LogP contribution in [0.3, 0.4) is 0 Å². The van der Waals surface area contributed by atoms with Gasteiger partial charge >= 0.3 is 0 Å². The Labute approximate surface area is 392 Å². The molecule has 1 unspecified atom stereocenters. The van der Waals surface area contributed by atoms with Crippen LogP contribution in [0.5, 0.6) is 0 Å². The van der Waals surface area contributed by atoms with Crippen molar-refractivity contribution in [1.29, 1.82) is 0 Å². The van der Waals surface area contributed by atoms with E-state index in [0.717, 1.165) is 39.4 Å². The van der Waals surface area contributed by atoms with Gasteiger partial charge in [-0.3, -0.25) is 0 Å². The van der Waals surface area contributed by atoms with Gasteiger partial charge < -0.3 is 9.47 Å². The molecule has 0 N–H and O–H groups in total. The van der Waals surface area contributed by atoms with Crippen LogP contribution in [-0.2, 0) is 5.41 Å². The van der Waals surface area contributed by atoms with Crippen LogP contribution in [0.15, 0.2) is 256 Å². The summed E-state index contributed by atoms with van der Waals surface area (Å²) in [7, 11) is 0. The van der Waals surface area contributed by atoms with Gasteiger partial charge in [-0.25, -0.2) is 0 Å². The van der Waals surface area contributed by atoms with Gasteiger partial charge in [0.1, 0.15) is 0 Å². The van der Waals surface area contributed by atoms with Crippen molar-refractivity contribution >= 4 is 51.0 Å². The molecule has 11 aromatic rings. The highest BCUT2D eigenvalue weighted by molar-refractivity contribution is 6.10. The normalized spacial score (nSPS) is 13.9. The van der Waals surface area contributed by atoms with Crippen LogP contribution in [0.1, 0.15) is 33.4 Å². The highest BCUT2D eigenvalue weighted by atomic mass is 15.1. The van der Waals surface area contributed by atoms with Gasteiger partial charge in [0.25, 0.3) is 0 Å². The molecule has 0 aliphatic heterocycles. The van der Waals surface area contributed by atoms with E-state index in [2.05, 4.69) is 265 Å². The Morgan fingerprint density at radius 1 is 0.358 bits per heavy atom. The van der Waals surface area contributed by atoms with Crippen molar-refractivity contribution in [2.24, 2.45) is 0 Å². The summed E-state index contributed by atoms with van der Waals surface area (Å²) in [4.78, 5) is 2.41. The quantitative estimate of drug-likeness (QED) is 0.133. The molecule has 0 fully saturated rings. The second-order valence-electron chi connectivity index (χ2n) is 17.4. The van der Waals surface area contributed by atoms with E-state index < -0.39 is 5.41 Å². The third kappa shape index (κ3) is 6.57. The predicted molar refractivity (Wildman–Crippen MR) is 284 cm³/mol. The summed E-state index contributed by atoms with van der Waals surface area (Å²) < 4.78 is 2.36. The van der Waals surface area contributed by atoms with Crippen LogP contribution in [0.4, 0.5) is 17.1 Å². The summed E-state index contributed by atoms with van der Waals surface area (Å²) in [5, 5.41) is 2.46. The minimum Gasteiger partial charge on any atom is -0.310 e. The van der Waals surface area contributed by atoms with Gasteiger partial charge in [-0.2, -0.15) is 0 Å². The van der Waals surface area contributed by atoms with Crippen molar-refractivity contribution < 1.29 is 0 Å². The SMILES string of the molecule is C=Cc1ccc(-n2c3ccccc3c3cc(-c4ccc(N(c5ccc(-c6ccccc6)cc5)c5ccc6c(c5)C(c5ccccc5)(c5ccc(C=C)cc5)c5ccccc5-6)cc4)ccc32)cc1. The minimum absolute atomic E-state index is 0.549. The molecule has 316 valence electrons. The standard InChI is InChI=1S/C65H46N2/c1-3-45-23-32-52(33-24-45)65(51-17-9-6-10-18-51)61-21-13-11-19-57(61)58-41-40-56(44-62(58)65)66(53-36-27-48(28-37-53)47-15-7-5-8-16-47)54-38-29-49(30-39-54)50-31-42-64-60(43-50)59-20-12-14-22-63(59)67(64)55-34-25-46(4-2)26-35-55/h3-44H,1-2H2. The zero-order chi connectivity index (χ0) is 44.9. The number of rotatable bonds is 10. The van der Waals surface area contributed by atoms with E-state index in [1.807, 2.05) is 12.2 Å². The van der Waals surface area contributed by atoms with Gasteiger partial charge in [0.2, 0.25) is 0 Å². The minimum atomic E-state index is -0.549. The Bertz CT molecular complexity index is 3620. The van der Waals surface area contributed by atoms with Crippen molar-refractivity contribution in [2.45, 2.75) is 5.41 Å². The van der Waals surface area contributed by atoms with Gasteiger partial charge in [-0.15, -0.1) is 0 Å². The maximum Gasteiger partial charge on any atom is 0.0714 e. The molecule has 0 bridgehead atoms. The summed E-state index contributed by atoms with van der Waals surface area (Å²) in [6, 6.07) is 88.9. The first kappa shape index (κ1) is 39.8. The van der Waals surface area contributed by atoms with E-state index >= 15 is 0 Å². The number of nitrogens with zero attached hydrogens (tertiary/aromatic N) is 2. The monoisotopic (exact) mass is 854 g/mol. The fourth-order valence-electron chi connectivity index (χ4n) is 10.6. The molecular weight excluding hydrogens is 809 g/mol. The average molecular weight is 855 g/mol. The molecule has 1 aliphatic carbocycles. The van der Waals surface area contributed by atoms with Gasteiger partial charge in [0.15, 0.2) is 0 Å². The molecule has 1 atom stereocenters. The van der Waals surface area contributed by atoms with E-state index in [1.165, 1.54) is 71.9 Å². The van der Waals surface area contributed by atoms with E-state index in [0.29, 0.717) is 0 Å². The number of para-hydroxylation sites is 1. The molecular formula is C65H46N2. The molecule has 1 heterocycles. The molecule has 67 heavy (non-hydrogen) atoms. The highest BCUT2D eigenvalue weighted by Crippen LogP contribution is 2.57. The van der Waals surface area contributed by atoms with Gasteiger partial charge in [-0.05, 0) is 133 Å². The molecule has 0 amide bonds. The second-order valence-corrected chi connectivity index (χ2v) is 17.4. The van der Waals surface area contributed by atoms with Crippen LogP contribution >= 0.6 is 0 Å². The topological polar surface area (TPSA) is 8.17 Å². The second kappa shape index (κ2) is 16.4. The molecule has 0 spiro atoms. The Kier molecular flexibility index (Phi) is 9.73. The molecule has 1 aliphatic rings. The van der Waals surface area contributed by atoms with E-state index in [9.17, 15) is 0 Å². The van der Waals surface area contributed by atoms with Crippen LogP contribution in [0.25, 0.3) is 73.0 Å². The number of fused-ring (bicyclic) bond motifs is 6. The lowest BCUT2D eigenvalue weighted by atomic mass is 9.67. The smallest absolute Gasteiger partial charge is 0.0714 e. The Hall–Kier alpha value is -8.72. The van der Waals surface area contributed by atoms with Crippen molar-refractivity contribution in [3.8, 4) is 39.1 Å². The number of benzene rings is 10. The molecule has 0 radical (unpaired) electrons. The van der Waals surface area contributed by atoms with Crippen LogP contribution < -0.4 is 4.90 Å². The van der Waals surface area contributed by atoms with E-state index in [-0.39, 0.29) is 0 Å². The van der Waals surface area contributed by atoms with Gasteiger partial charge in [0, 0.05) is 33.5 Å². The van der Waals surface area contributed by atoms with E-state index in [4.69, 9.17) is 0 Å². The van der Waals surface area contributed by atoms with Gasteiger partial charge in [-0.1, -0.05) is 201 Å². The van der Waals surface area contributed by atoms with Crippen molar-refractivity contribution in [3.05, 3.63) is 289 Å². The molecule has 12 rings (SSSR count). The molecule has 0 saturated carbocycles. The Balaban J connectivity index is 1.01. The van der Waals surface area contributed by atoms with Crippen LogP contribution in [0, 0.1) is 0 Å². The lowest BCUT2D eigenvalue weighted by Gasteiger charge is -2.35. The zero-order valence-corrected chi connectivity index (χ0v) is 37.1. The number of aromatic nitrogens is 1. The van der Waals surface area contributed by atoms with Crippen molar-refractivity contribution in [1.82, 2.24) is 4.57 Å². The maximum absolute atomic E-state index is 4.07. The molecule has 2 heteroatoms. The first-order valence-corrected chi connectivity index (χ1v) is 23.0.